The molecule has 0 bridgehead atoms. The van der Waals surface area contributed by atoms with Gasteiger partial charge in [0.1, 0.15) is 0 Å². The molecule has 66 valence electrons. The molecule has 0 heteroatoms. The van der Waals surface area contributed by atoms with Crippen molar-refractivity contribution in [3.05, 3.63) is 47.6 Å². The second-order valence-electron chi connectivity index (χ2n) is 3.45. The summed E-state index contributed by atoms with van der Waals surface area (Å²) in [6.07, 6.45) is 4.17. The molecular formula is C12H18. The Kier molecular flexibility index (Phi) is 4.35. The van der Waals surface area contributed by atoms with E-state index in [4.69, 9.17) is 0 Å². The smallest absolute Gasteiger partial charge is 0.0231 e. The molecule has 0 amide bonds. The predicted molar refractivity (Wildman–Crippen MR) is 57.1 cm³/mol. The number of allylic oxidation sites excluding steroid dienone is 6. The first-order chi connectivity index (χ1) is 5.43. The molecule has 12 heavy (non-hydrogen) atoms. The molecular weight excluding hydrogens is 144 g/mol. The lowest BCUT2D eigenvalue weighted by Gasteiger charge is -2.01. The number of hydrogen-bond acceptors (Lipinski definition) is 0. The molecule has 0 rings (SSSR count). The van der Waals surface area contributed by atoms with Crippen LogP contribution in [0.3, 0.4) is 0 Å². The van der Waals surface area contributed by atoms with Crippen LogP contribution in [0.2, 0.25) is 0 Å². The van der Waals surface area contributed by atoms with E-state index in [0.717, 1.165) is 11.1 Å². The maximum Gasteiger partial charge on any atom is -0.0231 e. The molecule has 0 saturated heterocycles. The van der Waals surface area contributed by atoms with Gasteiger partial charge in [-0.1, -0.05) is 42.0 Å². The Morgan fingerprint density at radius 1 is 0.917 bits per heavy atom. The maximum atomic E-state index is 3.91. The monoisotopic (exact) mass is 162 g/mol. The summed E-state index contributed by atoms with van der Waals surface area (Å²) in [5, 5.41) is 0. The summed E-state index contributed by atoms with van der Waals surface area (Å²) in [4.78, 5) is 0. The van der Waals surface area contributed by atoms with Crippen molar-refractivity contribution >= 4 is 0 Å². The van der Waals surface area contributed by atoms with Crippen LogP contribution in [0.15, 0.2) is 47.6 Å². The van der Waals surface area contributed by atoms with Crippen molar-refractivity contribution < 1.29 is 0 Å². The van der Waals surface area contributed by atoms with Crippen molar-refractivity contribution in [1.29, 1.82) is 0 Å². The summed E-state index contributed by atoms with van der Waals surface area (Å²) in [6.45, 7) is 15.9. The minimum atomic E-state index is 1.06. The van der Waals surface area contributed by atoms with Gasteiger partial charge in [0.15, 0.2) is 0 Å². The van der Waals surface area contributed by atoms with E-state index in [1.807, 2.05) is 13.8 Å². The van der Waals surface area contributed by atoms with E-state index in [2.05, 4.69) is 39.2 Å². The van der Waals surface area contributed by atoms with Gasteiger partial charge in [-0.3, -0.25) is 0 Å². The fourth-order valence-corrected chi connectivity index (χ4v) is 0.865. The van der Waals surface area contributed by atoms with E-state index >= 15 is 0 Å². The highest BCUT2D eigenvalue weighted by atomic mass is 14.0. The van der Waals surface area contributed by atoms with Crippen molar-refractivity contribution in [2.75, 3.05) is 0 Å². The highest BCUT2D eigenvalue weighted by molar-refractivity contribution is 5.41. The highest BCUT2D eigenvalue weighted by Crippen LogP contribution is 2.13. The van der Waals surface area contributed by atoms with E-state index in [1.165, 1.54) is 11.1 Å². The second kappa shape index (κ2) is 4.76. The van der Waals surface area contributed by atoms with Crippen LogP contribution < -0.4 is 0 Å². The van der Waals surface area contributed by atoms with Crippen LogP contribution in [0.4, 0.5) is 0 Å². The molecule has 0 aliphatic heterocycles. The van der Waals surface area contributed by atoms with Crippen LogP contribution >= 0.6 is 0 Å². The first-order valence-corrected chi connectivity index (χ1v) is 4.11. The number of rotatable bonds is 3. The van der Waals surface area contributed by atoms with Gasteiger partial charge in [-0.2, -0.15) is 0 Å². The molecule has 0 aromatic heterocycles. The van der Waals surface area contributed by atoms with Gasteiger partial charge in [0.05, 0.1) is 0 Å². The van der Waals surface area contributed by atoms with Gasteiger partial charge in [-0.05, 0) is 33.3 Å². The Morgan fingerprint density at radius 2 is 1.42 bits per heavy atom. The highest BCUT2D eigenvalue weighted by Gasteiger charge is 1.93. The Labute approximate surface area is 76.0 Å². The average Bonchev–Trinajstić information content (AvgIpc) is 1.83. The summed E-state index contributed by atoms with van der Waals surface area (Å²) in [6, 6.07) is 0. The normalized spacial score (nSPS) is 10.8. The summed E-state index contributed by atoms with van der Waals surface area (Å²) >= 11 is 0. The third kappa shape index (κ3) is 4.73. The topological polar surface area (TPSA) is 0 Å². The standard InChI is InChI=1S/C12H18/c1-9(2)7-12(11(5)6)8-10(3)4/h7-8H,1,5H2,2-4,6H3. The van der Waals surface area contributed by atoms with E-state index in [1.54, 1.807) is 0 Å². The van der Waals surface area contributed by atoms with Crippen molar-refractivity contribution in [1.82, 2.24) is 0 Å². The van der Waals surface area contributed by atoms with Gasteiger partial charge < -0.3 is 0 Å². The second-order valence-corrected chi connectivity index (χ2v) is 3.45. The van der Waals surface area contributed by atoms with Crippen LogP contribution in [0.25, 0.3) is 0 Å². The van der Waals surface area contributed by atoms with Gasteiger partial charge in [-0.15, -0.1) is 0 Å². The van der Waals surface area contributed by atoms with Gasteiger partial charge in [0.2, 0.25) is 0 Å². The zero-order valence-corrected chi connectivity index (χ0v) is 8.57. The molecule has 0 heterocycles. The van der Waals surface area contributed by atoms with Crippen LogP contribution in [0, 0.1) is 0 Å². The Bertz CT molecular complexity index is 245. The molecule has 0 aliphatic carbocycles. The lowest BCUT2D eigenvalue weighted by Crippen LogP contribution is -1.81. The van der Waals surface area contributed by atoms with Crippen LogP contribution in [0.5, 0.6) is 0 Å². The fraction of sp³-hybridized carbons (Fsp3) is 0.333. The van der Waals surface area contributed by atoms with E-state index in [9.17, 15) is 0 Å². The van der Waals surface area contributed by atoms with E-state index in [0.29, 0.717) is 0 Å². The van der Waals surface area contributed by atoms with Crippen LogP contribution in [-0.4, -0.2) is 0 Å². The van der Waals surface area contributed by atoms with Gasteiger partial charge in [0.25, 0.3) is 0 Å². The molecule has 0 radical (unpaired) electrons. The van der Waals surface area contributed by atoms with Crippen molar-refractivity contribution in [3.8, 4) is 0 Å². The summed E-state index contributed by atoms with van der Waals surface area (Å²) in [5.41, 5.74) is 4.60. The Morgan fingerprint density at radius 3 is 1.67 bits per heavy atom. The lowest BCUT2D eigenvalue weighted by molar-refractivity contribution is 1.33. The minimum Gasteiger partial charge on any atom is -0.0961 e. The zero-order chi connectivity index (χ0) is 9.72. The third-order valence-electron chi connectivity index (χ3n) is 1.34. The van der Waals surface area contributed by atoms with Crippen molar-refractivity contribution in [3.63, 3.8) is 0 Å². The summed E-state index contributed by atoms with van der Waals surface area (Å²) < 4.78 is 0. The summed E-state index contributed by atoms with van der Waals surface area (Å²) in [7, 11) is 0. The third-order valence-corrected chi connectivity index (χ3v) is 1.34. The van der Waals surface area contributed by atoms with E-state index < -0.39 is 0 Å². The molecule has 0 aromatic carbocycles. The van der Waals surface area contributed by atoms with Crippen molar-refractivity contribution in [2.45, 2.75) is 27.7 Å². The van der Waals surface area contributed by atoms with Gasteiger partial charge in [0, 0.05) is 0 Å². The molecule has 0 unspecified atom stereocenters. The lowest BCUT2D eigenvalue weighted by atomic mass is 10.0. The Hall–Kier alpha value is -1.04. The Balaban J connectivity index is 4.81. The van der Waals surface area contributed by atoms with Gasteiger partial charge >= 0.3 is 0 Å². The van der Waals surface area contributed by atoms with Gasteiger partial charge in [-0.25, -0.2) is 0 Å². The quantitative estimate of drug-likeness (QED) is 0.549. The molecule has 0 aliphatic rings. The van der Waals surface area contributed by atoms with Crippen LogP contribution in [-0.2, 0) is 0 Å². The molecule has 0 nitrogen and oxygen atoms in total. The maximum absolute atomic E-state index is 3.91. The fourth-order valence-electron chi connectivity index (χ4n) is 0.865. The largest absolute Gasteiger partial charge is 0.0961 e. The molecule has 0 fully saturated rings. The molecule has 0 saturated carbocycles. The average molecular weight is 162 g/mol. The number of hydrogen-bond donors (Lipinski definition) is 0. The van der Waals surface area contributed by atoms with Crippen LogP contribution in [0.1, 0.15) is 27.7 Å². The summed E-state index contributed by atoms with van der Waals surface area (Å²) in [5.74, 6) is 0. The minimum absolute atomic E-state index is 1.06. The molecule has 0 aromatic rings. The first kappa shape index (κ1) is 11.0. The predicted octanol–water partition coefficient (Wildman–Crippen LogP) is 4.03. The first-order valence-electron chi connectivity index (χ1n) is 4.11. The van der Waals surface area contributed by atoms with Crippen molar-refractivity contribution in [2.24, 2.45) is 0 Å². The molecule has 0 N–H and O–H groups in total. The molecule has 0 atom stereocenters. The SMILES string of the molecule is C=C(C)C=C(C=C(C)C)C(=C)C. The zero-order valence-electron chi connectivity index (χ0n) is 8.57. The van der Waals surface area contributed by atoms with E-state index in [-0.39, 0.29) is 0 Å². The molecule has 0 spiro atoms.